The zero-order valence-electron chi connectivity index (χ0n) is 15.6. The molecule has 3 rings (SSSR count). The Labute approximate surface area is 167 Å². The minimum atomic E-state index is -1.16. The molecule has 0 saturated heterocycles. The summed E-state index contributed by atoms with van der Waals surface area (Å²) >= 11 is 0. The summed E-state index contributed by atoms with van der Waals surface area (Å²) in [5.74, 6) is -3.20. The lowest BCUT2D eigenvalue weighted by Crippen LogP contribution is -2.34. The van der Waals surface area contributed by atoms with Crippen molar-refractivity contribution in [2.75, 3.05) is 0 Å². The van der Waals surface area contributed by atoms with Crippen molar-refractivity contribution in [3.63, 3.8) is 0 Å². The molecular formula is C21H17N5O3. The molecular weight excluding hydrogens is 370 g/mol. The Morgan fingerprint density at radius 3 is 2.48 bits per heavy atom. The summed E-state index contributed by atoms with van der Waals surface area (Å²) in [7, 11) is 0. The van der Waals surface area contributed by atoms with Crippen molar-refractivity contribution >= 4 is 17.3 Å². The molecule has 0 unspecified atom stereocenters. The van der Waals surface area contributed by atoms with Gasteiger partial charge < -0.3 is 0 Å². The van der Waals surface area contributed by atoms with E-state index in [0.29, 0.717) is 11.3 Å². The Balaban J connectivity index is 1.99. The van der Waals surface area contributed by atoms with Gasteiger partial charge in [-0.3, -0.25) is 14.9 Å². The van der Waals surface area contributed by atoms with Crippen LogP contribution in [0.4, 0.5) is 5.69 Å². The Morgan fingerprint density at radius 1 is 1.17 bits per heavy atom. The second-order valence-electron chi connectivity index (χ2n) is 6.71. The molecule has 1 aliphatic rings. The van der Waals surface area contributed by atoms with Gasteiger partial charge in [-0.2, -0.15) is 15.6 Å². The van der Waals surface area contributed by atoms with Gasteiger partial charge in [0.25, 0.3) is 11.6 Å². The maximum Gasteiger partial charge on any atom is 0.269 e. The van der Waals surface area contributed by atoms with Crippen LogP contribution >= 0.6 is 0 Å². The highest BCUT2D eigenvalue weighted by molar-refractivity contribution is 6.07. The lowest BCUT2D eigenvalue weighted by molar-refractivity contribution is -0.384. The Morgan fingerprint density at radius 2 is 1.86 bits per heavy atom. The number of nitro benzene ring substituents is 1. The quantitative estimate of drug-likeness (QED) is 0.555. The minimum absolute atomic E-state index is 0.164. The van der Waals surface area contributed by atoms with E-state index in [1.165, 1.54) is 23.2 Å². The number of rotatable bonds is 6. The van der Waals surface area contributed by atoms with Crippen LogP contribution in [-0.2, 0) is 11.3 Å². The zero-order valence-corrected chi connectivity index (χ0v) is 15.6. The zero-order chi connectivity index (χ0) is 21.0. The highest BCUT2D eigenvalue weighted by atomic mass is 16.6. The summed E-state index contributed by atoms with van der Waals surface area (Å²) in [4.78, 5) is 23.8. The number of hydrogen-bond acceptors (Lipinski definition) is 6. The second-order valence-corrected chi connectivity index (χ2v) is 6.71. The first-order chi connectivity index (χ1) is 14.0. The Bertz CT molecular complexity index is 1040. The van der Waals surface area contributed by atoms with Crippen molar-refractivity contribution in [2.45, 2.75) is 19.4 Å². The van der Waals surface area contributed by atoms with Crippen molar-refractivity contribution in [2.24, 2.45) is 16.9 Å². The number of non-ortho nitro benzene ring substituents is 1. The van der Waals surface area contributed by atoms with Gasteiger partial charge in [-0.1, -0.05) is 42.5 Å². The van der Waals surface area contributed by atoms with Gasteiger partial charge in [0, 0.05) is 23.8 Å². The first kappa shape index (κ1) is 19.7. The Hall–Kier alpha value is -4.04. The maximum atomic E-state index is 13.1. The fourth-order valence-corrected chi connectivity index (χ4v) is 3.54. The monoisotopic (exact) mass is 387 g/mol. The largest absolute Gasteiger partial charge is 0.272 e. The SMILES string of the molecule is CC1=NN(Cc2ccccc2)C(=O)[C@H]1[C@H](c1cccc([N+](=O)[O-])c1)C(C#N)C#N. The number of hydrogen-bond donors (Lipinski definition) is 0. The molecule has 1 aliphatic heterocycles. The van der Waals surface area contributed by atoms with E-state index in [1.54, 1.807) is 13.0 Å². The van der Waals surface area contributed by atoms with Gasteiger partial charge in [-0.25, -0.2) is 5.01 Å². The number of carbonyl (C=O) groups is 1. The number of nitrogens with zero attached hydrogens (tertiary/aromatic N) is 5. The third-order valence-electron chi connectivity index (χ3n) is 4.89. The van der Waals surface area contributed by atoms with Gasteiger partial charge in [0.15, 0.2) is 0 Å². The summed E-state index contributed by atoms with van der Waals surface area (Å²) in [6.07, 6.45) is 0. The maximum absolute atomic E-state index is 13.1. The first-order valence-electron chi connectivity index (χ1n) is 8.90. The molecule has 29 heavy (non-hydrogen) atoms. The van der Waals surface area contributed by atoms with E-state index < -0.39 is 22.7 Å². The summed E-state index contributed by atoms with van der Waals surface area (Å²) in [6.45, 7) is 1.93. The van der Waals surface area contributed by atoms with E-state index in [4.69, 9.17) is 0 Å². The van der Waals surface area contributed by atoms with Crippen LogP contribution in [0.3, 0.4) is 0 Å². The van der Waals surface area contributed by atoms with Gasteiger partial charge in [0.1, 0.15) is 5.92 Å². The van der Waals surface area contributed by atoms with Crippen molar-refractivity contribution in [1.29, 1.82) is 10.5 Å². The highest BCUT2D eigenvalue weighted by Crippen LogP contribution is 2.38. The molecule has 0 spiro atoms. The van der Waals surface area contributed by atoms with Crippen LogP contribution in [0.2, 0.25) is 0 Å². The van der Waals surface area contributed by atoms with E-state index in [9.17, 15) is 25.4 Å². The molecule has 8 heteroatoms. The standard InChI is InChI=1S/C21H17N5O3/c1-14-19(21(27)25(24-14)13-15-6-3-2-4-7-15)20(17(11-22)12-23)16-8-5-9-18(10-16)26(28)29/h2-10,17,19-20H,13H2,1H3/t19-,20-/m1/s1. The molecule has 0 bridgehead atoms. The van der Waals surface area contributed by atoms with E-state index in [-0.39, 0.29) is 18.1 Å². The van der Waals surface area contributed by atoms with Crippen molar-refractivity contribution in [3.05, 3.63) is 75.8 Å². The lowest BCUT2D eigenvalue weighted by Gasteiger charge is -2.24. The normalized spacial score (nSPS) is 16.8. The molecule has 2 aromatic rings. The predicted molar refractivity (Wildman–Crippen MR) is 104 cm³/mol. The summed E-state index contributed by atoms with van der Waals surface area (Å²) in [6, 6.07) is 18.9. The van der Waals surface area contributed by atoms with Crippen molar-refractivity contribution in [1.82, 2.24) is 5.01 Å². The minimum Gasteiger partial charge on any atom is -0.272 e. The molecule has 0 aliphatic carbocycles. The summed E-state index contributed by atoms with van der Waals surface area (Å²) < 4.78 is 0. The molecule has 8 nitrogen and oxygen atoms in total. The number of hydrazone groups is 1. The summed E-state index contributed by atoms with van der Waals surface area (Å²) in [5.41, 5.74) is 1.59. The summed E-state index contributed by atoms with van der Waals surface area (Å²) in [5, 5.41) is 35.8. The number of nitriles is 2. The number of nitro groups is 1. The van der Waals surface area contributed by atoms with E-state index >= 15 is 0 Å². The molecule has 0 fully saturated rings. The van der Waals surface area contributed by atoms with Crippen molar-refractivity contribution < 1.29 is 9.72 Å². The molecule has 1 heterocycles. The van der Waals surface area contributed by atoms with Gasteiger partial charge in [-0.05, 0) is 18.1 Å². The molecule has 144 valence electrons. The highest BCUT2D eigenvalue weighted by Gasteiger charge is 2.44. The molecule has 2 aromatic carbocycles. The topological polar surface area (TPSA) is 123 Å². The number of benzene rings is 2. The first-order valence-corrected chi connectivity index (χ1v) is 8.90. The number of carbonyl (C=O) groups excluding carboxylic acids is 1. The van der Waals surface area contributed by atoms with Crippen LogP contribution in [-0.4, -0.2) is 21.6 Å². The van der Waals surface area contributed by atoms with Crippen LogP contribution < -0.4 is 0 Å². The molecule has 0 N–H and O–H groups in total. The third-order valence-corrected chi connectivity index (χ3v) is 4.89. The van der Waals surface area contributed by atoms with Crippen molar-refractivity contribution in [3.8, 4) is 12.1 Å². The molecule has 1 amide bonds. The van der Waals surface area contributed by atoms with Crippen LogP contribution in [0.25, 0.3) is 0 Å². The van der Waals surface area contributed by atoms with Crippen LogP contribution in [0.5, 0.6) is 0 Å². The Kier molecular flexibility index (Phi) is 5.66. The van der Waals surface area contributed by atoms with Gasteiger partial charge in [0.05, 0.1) is 29.5 Å². The van der Waals surface area contributed by atoms with Crippen LogP contribution in [0.15, 0.2) is 59.7 Å². The second kappa shape index (κ2) is 8.32. The molecule has 0 aromatic heterocycles. The fourth-order valence-electron chi connectivity index (χ4n) is 3.54. The van der Waals surface area contributed by atoms with Gasteiger partial charge >= 0.3 is 0 Å². The van der Waals surface area contributed by atoms with Crippen LogP contribution in [0.1, 0.15) is 24.0 Å². The van der Waals surface area contributed by atoms with Gasteiger partial charge in [0.2, 0.25) is 0 Å². The van der Waals surface area contributed by atoms with E-state index in [0.717, 1.165) is 5.56 Å². The van der Waals surface area contributed by atoms with Gasteiger partial charge in [-0.15, -0.1) is 0 Å². The average molecular weight is 387 g/mol. The van der Waals surface area contributed by atoms with Crippen LogP contribution in [0, 0.1) is 44.6 Å². The third kappa shape index (κ3) is 3.97. The molecule has 2 atom stereocenters. The van der Waals surface area contributed by atoms with E-state index in [1.807, 2.05) is 42.5 Å². The smallest absolute Gasteiger partial charge is 0.269 e. The average Bonchev–Trinajstić information content (AvgIpc) is 3.00. The van der Waals surface area contributed by atoms with E-state index in [2.05, 4.69) is 5.10 Å². The predicted octanol–water partition coefficient (Wildman–Crippen LogP) is 3.38. The molecule has 0 radical (unpaired) electrons. The number of amides is 1. The fraction of sp³-hybridized carbons (Fsp3) is 0.238. The lowest BCUT2D eigenvalue weighted by atomic mass is 9.75. The molecule has 0 saturated carbocycles.